The third-order valence-electron chi connectivity index (χ3n) is 3.98. The monoisotopic (exact) mass is 417 g/mol. The van der Waals surface area contributed by atoms with Gasteiger partial charge in [0.05, 0.1) is 11.5 Å². The summed E-state index contributed by atoms with van der Waals surface area (Å²) in [6.07, 6.45) is 1.27. The van der Waals surface area contributed by atoms with Crippen LogP contribution in [0.2, 0.25) is 0 Å². The first-order chi connectivity index (χ1) is 14.2. The maximum Gasteiger partial charge on any atom is 0.322 e. The second-order valence-corrected chi connectivity index (χ2v) is 7.74. The van der Waals surface area contributed by atoms with Crippen molar-refractivity contribution in [2.45, 2.75) is 34.2 Å². The number of benzene rings is 1. The first-order valence-corrected chi connectivity index (χ1v) is 9.68. The molecule has 0 saturated heterocycles. The number of hydrogen-bond donors (Lipinski definition) is 2. The second kappa shape index (κ2) is 10.4. The molecule has 0 unspecified atom stereocenters. The Balaban J connectivity index is 2.05. The zero-order valence-corrected chi connectivity index (χ0v) is 17.5. The lowest BCUT2D eigenvalue weighted by Crippen LogP contribution is -2.37. The SMILES string of the molecule is CC(C)CNC(=O)c1coc(CN(CC(C)C)C(=O)Nc2ccc([N+](=O)[O-])cc2)n1. The summed E-state index contributed by atoms with van der Waals surface area (Å²) in [4.78, 5) is 40.8. The van der Waals surface area contributed by atoms with Crippen molar-refractivity contribution in [2.75, 3.05) is 18.4 Å². The molecule has 1 heterocycles. The Labute approximate surface area is 174 Å². The first-order valence-electron chi connectivity index (χ1n) is 9.68. The molecule has 0 atom stereocenters. The van der Waals surface area contributed by atoms with Gasteiger partial charge in [0.2, 0.25) is 5.89 Å². The normalized spacial score (nSPS) is 10.9. The van der Waals surface area contributed by atoms with Crippen LogP contribution in [0.1, 0.15) is 44.1 Å². The van der Waals surface area contributed by atoms with E-state index >= 15 is 0 Å². The summed E-state index contributed by atoms with van der Waals surface area (Å²) in [5.74, 6) is 0.398. The highest BCUT2D eigenvalue weighted by Gasteiger charge is 2.20. The molecule has 10 heteroatoms. The van der Waals surface area contributed by atoms with Gasteiger partial charge in [0.1, 0.15) is 6.26 Å². The molecule has 0 spiro atoms. The lowest BCUT2D eigenvalue weighted by molar-refractivity contribution is -0.384. The summed E-state index contributed by atoms with van der Waals surface area (Å²) in [7, 11) is 0. The van der Waals surface area contributed by atoms with E-state index in [1.165, 1.54) is 35.4 Å². The Hall–Kier alpha value is -3.43. The molecule has 30 heavy (non-hydrogen) atoms. The van der Waals surface area contributed by atoms with Crippen LogP contribution in [-0.4, -0.2) is 39.8 Å². The van der Waals surface area contributed by atoms with Crippen LogP contribution in [0.3, 0.4) is 0 Å². The van der Waals surface area contributed by atoms with Gasteiger partial charge in [-0.05, 0) is 24.0 Å². The summed E-state index contributed by atoms with van der Waals surface area (Å²) in [6.45, 7) is 8.94. The number of oxazole rings is 1. The number of rotatable bonds is 9. The number of aromatic nitrogens is 1. The van der Waals surface area contributed by atoms with Crippen molar-refractivity contribution < 1.29 is 18.9 Å². The van der Waals surface area contributed by atoms with Gasteiger partial charge in [-0.3, -0.25) is 14.9 Å². The minimum atomic E-state index is -0.506. The molecule has 1 aromatic heterocycles. The van der Waals surface area contributed by atoms with Crippen LogP contribution in [0.15, 0.2) is 34.9 Å². The average Bonchev–Trinajstić information content (AvgIpc) is 3.14. The number of carbonyl (C=O) groups excluding carboxylic acids is 2. The molecule has 0 bridgehead atoms. The Kier molecular flexibility index (Phi) is 7.90. The zero-order chi connectivity index (χ0) is 22.3. The quantitative estimate of drug-likeness (QED) is 0.473. The highest BCUT2D eigenvalue weighted by atomic mass is 16.6. The maximum absolute atomic E-state index is 12.7. The fourth-order valence-corrected chi connectivity index (χ4v) is 2.57. The summed E-state index contributed by atoms with van der Waals surface area (Å²) >= 11 is 0. The fourth-order valence-electron chi connectivity index (χ4n) is 2.57. The lowest BCUT2D eigenvalue weighted by atomic mass is 10.2. The second-order valence-electron chi connectivity index (χ2n) is 7.74. The largest absolute Gasteiger partial charge is 0.446 e. The third-order valence-corrected chi connectivity index (χ3v) is 3.98. The van der Waals surface area contributed by atoms with E-state index in [1.54, 1.807) is 0 Å². The zero-order valence-electron chi connectivity index (χ0n) is 17.5. The number of nitro benzene ring substituents is 1. The number of nitro groups is 1. The van der Waals surface area contributed by atoms with Gasteiger partial charge in [-0.1, -0.05) is 27.7 Å². The molecular weight excluding hydrogens is 390 g/mol. The molecule has 1 aromatic carbocycles. The van der Waals surface area contributed by atoms with Gasteiger partial charge < -0.3 is 20.0 Å². The standard InChI is InChI=1S/C20H27N5O5/c1-13(2)9-21-19(26)17-12-30-18(23-17)11-24(10-14(3)4)20(27)22-15-5-7-16(8-6-15)25(28)29/h5-8,12-14H,9-11H2,1-4H3,(H,21,26)(H,22,27). The van der Waals surface area contributed by atoms with Crippen LogP contribution in [0.4, 0.5) is 16.2 Å². The molecule has 10 nitrogen and oxygen atoms in total. The molecule has 2 rings (SSSR count). The molecule has 0 aliphatic heterocycles. The van der Waals surface area contributed by atoms with Crippen LogP contribution in [0, 0.1) is 22.0 Å². The molecule has 162 valence electrons. The first kappa shape index (κ1) is 22.9. The van der Waals surface area contributed by atoms with Gasteiger partial charge in [-0.15, -0.1) is 0 Å². The predicted octanol–water partition coefficient (Wildman–Crippen LogP) is 3.66. The number of nitrogens with zero attached hydrogens (tertiary/aromatic N) is 3. The van der Waals surface area contributed by atoms with Crippen LogP contribution in [0.25, 0.3) is 0 Å². The molecule has 0 aliphatic carbocycles. The van der Waals surface area contributed by atoms with E-state index in [1.807, 2.05) is 27.7 Å². The molecule has 0 fully saturated rings. The summed E-state index contributed by atoms with van der Waals surface area (Å²) in [5, 5.41) is 16.2. The molecule has 0 radical (unpaired) electrons. The number of nitrogens with one attached hydrogen (secondary N) is 2. The van der Waals surface area contributed by atoms with Gasteiger partial charge in [0, 0.05) is 30.9 Å². The fraction of sp³-hybridized carbons (Fsp3) is 0.450. The summed E-state index contributed by atoms with van der Waals surface area (Å²) < 4.78 is 5.38. The van der Waals surface area contributed by atoms with E-state index in [4.69, 9.17) is 4.42 Å². The number of non-ortho nitro benzene ring substituents is 1. The number of hydrogen-bond acceptors (Lipinski definition) is 6. The van der Waals surface area contributed by atoms with Crippen molar-refractivity contribution in [1.29, 1.82) is 0 Å². The Morgan fingerprint density at radius 2 is 1.83 bits per heavy atom. The van der Waals surface area contributed by atoms with Crippen LogP contribution >= 0.6 is 0 Å². The average molecular weight is 417 g/mol. The van der Waals surface area contributed by atoms with E-state index < -0.39 is 11.0 Å². The molecular formula is C20H27N5O5. The number of anilines is 1. The van der Waals surface area contributed by atoms with Crippen molar-refractivity contribution in [3.63, 3.8) is 0 Å². The number of urea groups is 1. The summed E-state index contributed by atoms with van der Waals surface area (Å²) in [6, 6.07) is 5.16. The van der Waals surface area contributed by atoms with Gasteiger partial charge in [-0.2, -0.15) is 0 Å². The lowest BCUT2D eigenvalue weighted by Gasteiger charge is -2.23. The van der Waals surface area contributed by atoms with E-state index in [9.17, 15) is 19.7 Å². The van der Waals surface area contributed by atoms with Gasteiger partial charge in [0.25, 0.3) is 11.6 Å². The van der Waals surface area contributed by atoms with Gasteiger partial charge in [-0.25, -0.2) is 9.78 Å². The smallest absolute Gasteiger partial charge is 0.322 e. The van der Waals surface area contributed by atoms with Crippen LogP contribution in [-0.2, 0) is 6.54 Å². The topological polar surface area (TPSA) is 131 Å². The molecule has 3 amide bonds. The van der Waals surface area contributed by atoms with E-state index in [0.29, 0.717) is 24.7 Å². The van der Waals surface area contributed by atoms with Gasteiger partial charge in [0.15, 0.2) is 5.69 Å². The van der Waals surface area contributed by atoms with E-state index in [0.717, 1.165) is 0 Å². The Bertz CT molecular complexity index is 876. The van der Waals surface area contributed by atoms with Crippen LogP contribution < -0.4 is 10.6 Å². The van der Waals surface area contributed by atoms with Crippen LogP contribution in [0.5, 0.6) is 0 Å². The predicted molar refractivity (Wildman–Crippen MR) is 111 cm³/mol. The van der Waals surface area contributed by atoms with Crippen molar-refractivity contribution in [2.24, 2.45) is 11.8 Å². The van der Waals surface area contributed by atoms with Crippen molar-refractivity contribution in [1.82, 2.24) is 15.2 Å². The van der Waals surface area contributed by atoms with E-state index in [-0.39, 0.29) is 35.6 Å². The van der Waals surface area contributed by atoms with E-state index in [2.05, 4.69) is 15.6 Å². The Morgan fingerprint density at radius 3 is 2.40 bits per heavy atom. The number of amides is 3. The number of carbonyl (C=O) groups is 2. The molecule has 0 aliphatic rings. The van der Waals surface area contributed by atoms with Gasteiger partial charge >= 0.3 is 6.03 Å². The van der Waals surface area contributed by atoms with Crippen molar-refractivity contribution in [3.8, 4) is 0 Å². The third kappa shape index (κ3) is 6.87. The highest BCUT2D eigenvalue weighted by molar-refractivity contribution is 5.92. The maximum atomic E-state index is 12.7. The minimum Gasteiger partial charge on any atom is -0.446 e. The minimum absolute atomic E-state index is 0.0601. The molecule has 2 aromatic rings. The molecule has 2 N–H and O–H groups in total. The Morgan fingerprint density at radius 1 is 1.17 bits per heavy atom. The van der Waals surface area contributed by atoms with Crippen molar-refractivity contribution in [3.05, 3.63) is 52.2 Å². The highest BCUT2D eigenvalue weighted by Crippen LogP contribution is 2.17. The summed E-state index contributed by atoms with van der Waals surface area (Å²) in [5.41, 5.74) is 0.529. The van der Waals surface area contributed by atoms with Crippen molar-refractivity contribution >= 4 is 23.3 Å². The molecule has 0 saturated carbocycles.